The van der Waals surface area contributed by atoms with Crippen molar-refractivity contribution in [3.63, 3.8) is 0 Å². The van der Waals surface area contributed by atoms with Crippen LogP contribution in [0.4, 0.5) is 18.2 Å². The zero-order chi connectivity index (χ0) is 16.6. The van der Waals surface area contributed by atoms with Crippen LogP contribution in [0.3, 0.4) is 0 Å². The van der Waals surface area contributed by atoms with Crippen LogP contribution in [-0.2, 0) is 30.4 Å². The number of aromatic nitrogens is 2. The number of amides is 1. The Morgan fingerprint density at radius 3 is 2.91 bits per heavy atom. The smallest absolute Gasteiger partial charge is 0.315 e. The molecule has 1 amide bonds. The van der Waals surface area contributed by atoms with Gasteiger partial charge in [-0.25, -0.2) is 0 Å². The van der Waals surface area contributed by atoms with E-state index in [1.54, 1.807) is 0 Å². The molecule has 2 heterocycles. The maximum atomic E-state index is 12.5. The number of alkyl halides is 3. The van der Waals surface area contributed by atoms with E-state index in [0.29, 0.717) is 10.6 Å². The third-order valence-electron chi connectivity index (χ3n) is 3.52. The van der Waals surface area contributed by atoms with E-state index >= 15 is 0 Å². The summed E-state index contributed by atoms with van der Waals surface area (Å²) in [7, 11) is 0. The molecule has 0 spiro atoms. The van der Waals surface area contributed by atoms with Gasteiger partial charge in [0.25, 0.3) is 0 Å². The molecule has 0 aliphatic heterocycles. The number of rotatable bonds is 3. The van der Waals surface area contributed by atoms with Gasteiger partial charge in [0, 0.05) is 11.1 Å². The van der Waals surface area contributed by atoms with Gasteiger partial charge in [-0.2, -0.15) is 23.5 Å². The largest absolute Gasteiger partial charge is 0.435 e. The number of nitrogens with one attached hydrogen (secondary N) is 1. The van der Waals surface area contributed by atoms with E-state index in [9.17, 15) is 23.2 Å². The van der Waals surface area contributed by atoms with Crippen LogP contribution in [0.2, 0.25) is 0 Å². The first-order chi connectivity index (χ1) is 10.9. The molecule has 0 saturated heterocycles. The molecule has 2 aromatic heterocycles. The molecule has 0 radical (unpaired) electrons. The Balaban J connectivity index is 1.71. The minimum absolute atomic E-state index is 0.344. The number of halogens is 3. The fourth-order valence-electron chi connectivity index (χ4n) is 2.52. The third kappa shape index (κ3) is 3.07. The molecule has 0 aromatic carbocycles. The number of carbonyl (C=O) groups is 1. The summed E-state index contributed by atoms with van der Waals surface area (Å²) in [6.45, 7) is -0.344. The van der Waals surface area contributed by atoms with Crippen molar-refractivity contribution in [3.05, 3.63) is 34.0 Å². The second-order valence-electron chi connectivity index (χ2n) is 5.12. The van der Waals surface area contributed by atoms with E-state index < -0.39 is 17.8 Å². The fourth-order valence-corrected chi connectivity index (χ4v) is 3.78. The number of nitriles is 1. The van der Waals surface area contributed by atoms with Crippen LogP contribution in [-0.4, -0.2) is 15.7 Å². The predicted octanol–water partition coefficient (Wildman–Crippen LogP) is 2.96. The monoisotopic (exact) mass is 340 g/mol. The third-order valence-corrected chi connectivity index (χ3v) is 4.73. The van der Waals surface area contributed by atoms with Crippen molar-refractivity contribution >= 4 is 22.2 Å². The van der Waals surface area contributed by atoms with Crippen molar-refractivity contribution in [2.45, 2.75) is 32.0 Å². The molecular weight excluding hydrogens is 329 g/mol. The Morgan fingerprint density at radius 2 is 2.26 bits per heavy atom. The minimum atomic E-state index is -4.54. The Labute approximate surface area is 133 Å². The van der Waals surface area contributed by atoms with Gasteiger partial charge < -0.3 is 5.32 Å². The molecule has 0 fully saturated rings. The van der Waals surface area contributed by atoms with E-state index in [0.717, 1.165) is 46.6 Å². The van der Waals surface area contributed by atoms with Gasteiger partial charge in [-0.15, -0.1) is 11.3 Å². The van der Waals surface area contributed by atoms with Gasteiger partial charge in [-0.1, -0.05) is 0 Å². The van der Waals surface area contributed by atoms with E-state index in [1.807, 2.05) is 0 Å². The molecule has 0 bridgehead atoms. The summed E-state index contributed by atoms with van der Waals surface area (Å²) in [5.41, 5.74) is 0.400. The van der Waals surface area contributed by atoms with Crippen LogP contribution in [0.15, 0.2) is 12.3 Å². The van der Waals surface area contributed by atoms with E-state index in [4.69, 9.17) is 0 Å². The Morgan fingerprint density at radius 1 is 1.48 bits per heavy atom. The lowest BCUT2D eigenvalue weighted by atomic mass is 10.1. The van der Waals surface area contributed by atoms with Crippen molar-refractivity contribution in [1.82, 2.24) is 9.78 Å². The SMILES string of the molecule is N#Cc1c(NC(=O)Cn2ccc(C(F)(F)F)n2)sc2c1CCC2. The van der Waals surface area contributed by atoms with Crippen LogP contribution >= 0.6 is 11.3 Å². The molecule has 3 rings (SSSR count). The van der Waals surface area contributed by atoms with E-state index in [1.165, 1.54) is 11.3 Å². The fraction of sp³-hybridized carbons (Fsp3) is 0.357. The summed E-state index contributed by atoms with van der Waals surface area (Å²) in [5, 5.41) is 15.6. The lowest BCUT2D eigenvalue weighted by molar-refractivity contribution is -0.141. The molecular formula is C14H11F3N4OS. The summed E-state index contributed by atoms with van der Waals surface area (Å²) in [6, 6.07) is 2.91. The van der Waals surface area contributed by atoms with E-state index in [2.05, 4.69) is 16.5 Å². The average molecular weight is 340 g/mol. The molecule has 0 atom stereocenters. The number of carbonyl (C=O) groups excluding carboxylic acids is 1. The second kappa shape index (κ2) is 5.70. The van der Waals surface area contributed by atoms with E-state index in [-0.39, 0.29) is 6.54 Å². The zero-order valence-electron chi connectivity index (χ0n) is 11.8. The van der Waals surface area contributed by atoms with Gasteiger partial charge in [-0.3, -0.25) is 9.48 Å². The van der Waals surface area contributed by atoms with Crippen molar-refractivity contribution in [2.24, 2.45) is 0 Å². The van der Waals surface area contributed by atoms with Crippen molar-refractivity contribution < 1.29 is 18.0 Å². The van der Waals surface area contributed by atoms with Crippen molar-refractivity contribution in [3.8, 4) is 6.07 Å². The number of nitrogens with zero attached hydrogens (tertiary/aromatic N) is 3. The standard InChI is InChI=1S/C14H11F3N4OS/c15-14(16,17)11-4-5-21(20-11)7-12(22)19-13-9(6-18)8-2-1-3-10(8)23-13/h4-5H,1-3,7H2,(H,19,22). The van der Waals surface area contributed by atoms with Crippen LogP contribution < -0.4 is 5.32 Å². The van der Waals surface area contributed by atoms with Gasteiger partial charge in [0.1, 0.15) is 17.6 Å². The van der Waals surface area contributed by atoms with Gasteiger partial charge in [0.15, 0.2) is 5.69 Å². The number of anilines is 1. The highest BCUT2D eigenvalue weighted by Gasteiger charge is 2.33. The number of thiophene rings is 1. The molecule has 120 valence electrons. The first-order valence-corrected chi connectivity index (χ1v) is 7.65. The lowest BCUT2D eigenvalue weighted by Gasteiger charge is -2.05. The highest BCUT2D eigenvalue weighted by molar-refractivity contribution is 7.16. The predicted molar refractivity (Wildman–Crippen MR) is 76.9 cm³/mol. The number of hydrogen-bond acceptors (Lipinski definition) is 4. The van der Waals surface area contributed by atoms with Crippen LogP contribution in [0.25, 0.3) is 0 Å². The van der Waals surface area contributed by atoms with Crippen LogP contribution in [0.1, 0.15) is 28.1 Å². The molecule has 1 aliphatic rings. The normalized spacial score (nSPS) is 13.7. The second-order valence-corrected chi connectivity index (χ2v) is 6.22. The number of aryl methyl sites for hydroxylation is 1. The Kier molecular flexibility index (Phi) is 3.85. The maximum Gasteiger partial charge on any atom is 0.435 e. The molecule has 0 unspecified atom stereocenters. The average Bonchev–Trinajstić information content (AvgIpc) is 3.13. The first kappa shape index (κ1) is 15.6. The van der Waals surface area contributed by atoms with Gasteiger partial charge in [0.05, 0.1) is 5.56 Å². The summed E-state index contributed by atoms with van der Waals surface area (Å²) in [6.07, 6.45) is -0.735. The van der Waals surface area contributed by atoms with Gasteiger partial charge in [-0.05, 0) is 30.9 Å². The highest BCUT2D eigenvalue weighted by atomic mass is 32.1. The zero-order valence-corrected chi connectivity index (χ0v) is 12.6. The Hall–Kier alpha value is -2.34. The first-order valence-electron chi connectivity index (χ1n) is 6.83. The van der Waals surface area contributed by atoms with Crippen molar-refractivity contribution in [1.29, 1.82) is 5.26 Å². The molecule has 23 heavy (non-hydrogen) atoms. The van der Waals surface area contributed by atoms with Gasteiger partial charge >= 0.3 is 6.18 Å². The molecule has 0 saturated carbocycles. The molecule has 2 aromatic rings. The summed E-state index contributed by atoms with van der Waals surface area (Å²) >= 11 is 1.36. The summed E-state index contributed by atoms with van der Waals surface area (Å²) in [4.78, 5) is 13.1. The summed E-state index contributed by atoms with van der Waals surface area (Å²) in [5.74, 6) is -0.516. The summed E-state index contributed by atoms with van der Waals surface area (Å²) < 4.78 is 38.3. The van der Waals surface area contributed by atoms with Crippen molar-refractivity contribution in [2.75, 3.05) is 5.32 Å². The minimum Gasteiger partial charge on any atom is -0.315 e. The molecule has 1 aliphatic carbocycles. The molecule has 5 nitrogen and oxygen atoms in total. The molecule has 9 heteroatoms. The highest BCUT2D eigenvalue weighted by Crippen LogP contribution is 2.38. The maximum absolute atomic E-state index is 12.5. The Bertz CT molecular complexity index is 800. The quantitative estimate of drug-likeness (QED) is 0.934. The van der Waals surface area contributed by atoms with Crippen LogP contribution in [0.5, 0.6) is 0 Å². The van der Waals surface area contributed by atoms with Gasteiger partial charge in [0.2, 0.25) is 5.91 Å². The number of fused-ring (bicyclic) bond motifs is 1. The topological polar surface area (TPSA) is 70.7 Å². The number of hydrogen-bond donors (Lipinski definition) is 1. The lowest BCUT2D eigenvalue weighted by Crippen LogP contribution is -2.19. The van der Waals surface area contributed by atoms with Crippen LogP contribution in [0, 0.1) is 11.3 Å². The molecule has 1 N–H and O–H groups in total.